The third-order valence-electron chi connectivity index (χ3n) is 3.62. The van der Waals surface area contributed by atoms with Crippen LogP contribution >= 0.6 is 11.3 Å². The van der Waals surface area contributed by atoms with E-state index in [9.17, 15) is 15.3 Å². The van der Waals surface area contributed by atoms with Gasteiger partial charge in [0, 0.05) is 0 Å². The Hall–Kier alpha value is -1.44. The Bertz CT molecular complexity index is 583. The molecule has 118 valence electrons. The normalized spacial score (nSPS) is 28.5. The largest absolute Gasteiger partial charge is 0.462 e. The molecule has 0 unspecified atom stereocenters. The third-order valence-corrected chi connectivity index (χ3v) is 4.35. The second kappa shape index (κ2) is 6.76. The molecule has 0 aliphatic carbocycles. The molecule has 1 saturated heterocycles. The number of rotatable bonds is 4. The second-order valence-electron chi connectivity index (χ2n) is 5.32. The highest BCUT2D eigenvalue weighted by molar-refractivity contribution is 7.07. The molecule has 2 aromatic rings. The molecular weight excluding hydrogens is 304 g/mol. The highest BCUT2D eigenvalue weighted by Gasteiger charge is 2.38. The first kappa shape index (κ1) is 15.5. The van der Waals surface area contributed by atoms with Crippen LogP contribution in [-0.2, 0) is 11.2 Å². The molecule has 3 rings (SSSR count). The summed E-state index contributed by atoms with van der Waals surface area (Å²) >= 11 is 1.67. The lowest BCUT2D eigenvalue weighted by atomic mass is 10.1. The smallest absolute Gasteiger partial charge is 0.228 e. The van der Waals surface area contributed by atoms with Gasteiger partial charge in [0.2, 0.25) is 6.29 Å². The first-order chi connectivity index (χ1) is 10.6. The average molecular weight is 322 g/mol. The topological polar surface area (TPSA) is 79.2 Å². The number of hydrogen-bond donors (Lipinski definition) is 3. The minimum absolute atomic E-state index is 0.0703. The van der Waals surface area contributed by atoms with Gasteiger partial charge in [0.15, 0.2) is 0 Å². The summed E-state index contributed by atoms with van der Waals surface area (Å²) in [6, 6.07) is 9.60. The standard InChI is InChI=1S/C16H18O5S/c17-13-8-20-16(15(19)14(13)18)21-12-3-1-10(2-4-12)7-11-5-6-22-9-11/h1-6,9,13-19H,7-8H2/t13-,14-,15+,16+/m0/s1. The number of benzene rings is 1. The van der Waals surface area contributed by atoms with E-state index in [2.05, 4.69) is 11.4 Å². The molecule has 3 N–H and O–H groups in total. The lowest BCUT2D eigenvalue weighted by Crippen LogP contribution is -2.54. The van der Waals surface area contributed by atoms with E-state index >= 15 is 0 Å². The number of ether oxygens (including phenoxy) is 2. The maximum Gasteiger partial charge on any atom is 0.228 e. The van der Waals surface area contributed by atoms with Crippen molar-refractivity contribution in [1.82, 2.24) is 0 Å². The Morgan fingerprint density at radius 3 is 2.50 bits per heavy atom. The first-order valence-electron chi connectivity index (χ1n) is 7.06. The van der Waals surface area contributed by atoms with Gasteiger partial charge in [0.05, 0.1) is 6.61 Å². The highest BCUT2D eigenvalue weighted by Crippen LogP contribution is 2.22. The van der Waals surface area contributed by atoms with Crippen molar-refractivity contribution in [3.8, 4) is 5.75 Å². The van der Waals surface area contributed by atoms with Crippen molar-refractivity contribution >= 4 is 11.3 Å². The molecular formula is C16H18O5S. The molecule has 0 amide bonds. The molecule has 1 aromatic carbocycles. The number of aliphatic hydroxyl groups is 3. The summed E-state index contributed by atoms with van der Waals surface area (Å²) in [7, 11) is 0. The SMILES string of the molecule is O[C@@H]1[C@@H](O)[C@@H](Oc2ccc(Cc3ccsc3)cc2)OC[C@@H]1O. The minimum Gasteiger partial charge on any atom is -0.462 e. The van der Waals surface area contributed by atoms with Crippen LogP contribution < -0.4 is 4.74 Å². The summed E-state index contributed by atoms with van der Waals surface area (Å²) < 4.78 is 10.7. The zero-order valence-corrected chi connectivity index (χ0v) is 12.6. The van der Waals surface area contributed by atoms with Crippen LogP contribution in [0.25, 0.3) is 0 Å². The van der Waals surface area contributed by atoms with Crippen molar-refractivity contribution in [2.45, 2.75) is 31.0 Å². The average Bonchev–Trinajstić information content (AvgIpc) is 3.03. The summed E-state index contributed by atoms with van der Waals surface area (Å²) in [5.74, 6) is 0.543. The van der Waals surface area contributed by atoms with E-state index in [0.29, 0.717) is 5.75 Å². The van der Waals surface area contributed by atoms with E-state index in [0.717, 1.165) is 12.0 Å². The Balaban J connectivity index is 1.61. The molecule has 1 aliphatic heterocycles. The van der Waals surface area contributed by atoms with Gasteiger partial charge in [0.1, 0.15) is 24.1 Å². The first-order valence-corrected chi connectivity index (χ1v) is 8.00. The van der Waals surface area contributed by atoms with Crippen LogP contribution in [0.2, 0.25) is 0 Å². The molecule has 0 spiro atoms. The van der Waals surface area contributed by atoms with Gasteiger partial charge < -0.3 is 24.8 Å². The van der Waals surface area contributed by atoms with E-state index in [1.807, 2.05) is 17.5 Å². The number of hydrogen-bond acceptors (Lipinski definition) is 6. The van der Waals surface area contributed by atoms with Crippen LogP contribution in [-0.4, -0.2) is 46.5 Å². The number of thiophene rings is 1. The van der Waals surface area contributed by atoms with E-state index in [-0.39, 0.29) is 6.61 Å². The monoisotopic (exact) mass is 322 g/mol. The molecule has 6 heteroatoms. The Morgan fingerprint density at radius 1 is 1.05 bits per heavy atom. The Labute approximate surface area is 132 Å². The summed E-state index contributed by atoms with van der Waals surface area (Å²) in [6.45, 7) is -0.0703. The van der Waals surface area contributed by atoms with Crippen LogP contribution in [0.3, 0.4) is 0 Å². The molecule has 4 atom stereocenters. The van der Waals surface area contributed by atoms with E-state index in [4.69, 9.17) is 9.47 Å². The predicted molar refractivity (Wildman–Crippen MR) is 82.0 cm³/mol. The van der Waals surface area contributed by atoms with Crippen LogP contribution in [0.15, 0.2) is 41.1 Å². The van der Waals surface area contributed by atoms with Crippen molar-refractivity contribution in [3.05, 3.63) is 52.2 Å². The van der Waals surface area contributed by atoms with Crippen molar-refractivity contribution < 1.29 is 24.8 Å². The zero-order valence-electron chi connectivity index (χ0n) is 11.8. The van der Waals surface area contributed by atoms with Gasteiger partial charge in [-0.05, 0) is 46.5 Å². The lowest BCUT2D eigenvalue weighted by Gasteiger charge is -2.34. The van der Waals surface area contributed by atoms with E-state index in [1.54, 1.807) is 23.5 Å². The fourth-order valence-electron chi connectivity index (χ4n) is 2.33. The van der Waals surface area contributed by atoms with Gasteiger partial charge in [-0.2, -0.15) is 11.3 Å². The van der Waals surface area contributed by atoms with Crippen LogP contribution in [0.5, 0.6) is 5.75 Å². The zero-order chi connectivity index (χ0) is 15.5. The van der Waals surface area contributed by atoms with Crippen molar-refractivity contribution in [1.29, 1.82) is 0 Å². The second-order valence-corrected chi connectivity index (χ2v) is 6.10. The fourth-order valence-corrected chi connectivity index (χ4v) is 3.00. The van der Waals surface area contributed by atoms with Crippen molar-refractivity contribution in [2.75, 3.05) is 6.61 Å². The van der Waals surface area contributed by atoms with Gasteiger partial charge in [-0.15, -0.1) is 0 Å². The predicted octanol–water partition coefficient (Wildman–Crippen LogP) is 1.16. The molecule has 0 bridgehead atoms. The van der Waals surface area contributed by atoms with Crippen LogP contribution in [0.4, 0.5) is 0 Å². The quantitative estimate of drug-likeness (QED) is 0.787. The summed E-state index contributed by atoms with van der Waals surface area (Å²) in [5, 5.41) is 33.0. The van der Waals surface area contributed by atoms with Gasteiger partial charge in [-0.1, -0.05) is 12.1 Å². The third kappa shape index (κ3) is 3.48. The van der Waals surface area contributed by atoms with Crippen LogP contribution in [0, 0.1) is 0 Å². The van der Waals surface area contributed by atoms with Gasteiger partial charge in [-0.25, -0.2) is 0 Å². The maximum atomic E-state index is 9.84. The van der Waals surface area contributed by atoms with Crippen molar-refractivity contribution in [2.24, 2.45) is 0 Å². The molecule has 5 nitrogen and oxygen atoms in total. The molecule has 0 saturated carbocycles. The lowest BCUT2D eigenvalue weighted by molar-refractivity contribution is -0.242. The minimum atomic E-state index is -1.28. The summed E-state index contributed by atoms with van der Waals surface area (Å²) in [6.07, 6.45) is -3.77. The highest BCUT2D eigenvalue weighted by atomic mass is 32.1. The molecule has 22 heavy (non-hydrogen) atoms. The van der Waals surface area contributed by atoms with Crippen LogP contribution in [0.1, 0.15) is 11.1 Å². The van der Waals surface area contributed by atoms with Gasteiger partial charge >= 0.3 is 0 Å². The van der Waals surface area contributed by atoms with Gasteiger partial charge in [0.25, 0.3) is 0 Å². The maximum absolute atomic E-state index is 9.84. The summed E-state index contributed by atoms with van der Waals surface area (Å²) in [5.41, 5.74) is 2.42. The van der Waals surface area contributed by atoms with Gasteiger partial charge in [-0.3, -0.25) is 0 Å². The molecule has 2 heterocycles. The van der Waals surface area contributed by atoms with E-state index < -0.39 is 24.6 Å². The van der Waals surface area contributed by atoms with E-state index in [1.165, 1.54) is 5.56 Å². The Morgan fingerprint density at radius 2 is 1.82 bits per heavy atom. The molecule has 0 radical (unpaired) electrons. The fraction of sp³-hybridized carbons (Fsp3) is 0.375. The van der Waals surface area contributed by atoms with Crippen molar-refractivity contribution in [3.63, 3.8) is 0 Å². The number of aliphatic hydroxyl groups excluding tert-OH is 3. The Kier molecular flexibility index (Phi) is 4.75. The summed E-state index contributed by atoms with van der Waals surface area (Å²) in [4.78, 5) is 0. The molecule has 1 aliphatic rings. The molecule has 1 aromatic heterocycles. The molecule has 1 fully saturated rings.